The molecule has 4 heteroatoms. The molecule has 1 heterocycles. The number of likely N-dealkylation sites (N-methyl/N-ethyl adjacent to an activating group) is 1. The number of nitrogens with zero attached hydrogens (tertiary/aromatic N) is 1. The van der Waals surface area contributed by atoms with E-state index >= 15 is 0 Å². The highest BCUT2D eigenvalue weighted by atomic mass is 16.5. The zero-order chi connectivity index (χ0) is 12.3. The summed E-state index contributed by atoms with van der Waals surface area (Å²) in [5, 5.41) is 3.21. The average molecular weight is 240 g/mol. The van der Waals surface area contributed by atoms with Gasteiger partial charge in [-0.3, -0.25) is 4.79 Å². The zero-order valence-electron chi connectivity index (χ0n) is 10.9. The molecule has 17 heavy (non-hydrogen) atoms. The van der Waals surface area contributed by atoms with Crippen molar-refractivity contribution < 1.29 is 9.53 Å². The number of amides is 1. The maximum Gasteiger partial charge on any atom is 0.225 e. The second-order valence-corrected chi connectivity index (χ2v) is 5.49. The molecule has 0 aromatic carbocycles. The third-order valence-electron chi connectivity index (χ3n) is 3.91. The van der Waals surface area contributed by atoms with Crippen LogP contribution in [0.1, 0.15) is 19.8 Å². The van der Waals surface area contributed by atoms with E-state index in [1.807, 2.05) is 18.9 Å². The predicted octanol–water partition coefficient (Wildman–Crippen LogP) is 0.727. The van der Waals surface area contributed by atoms with Crippen LogP contribution in [0.3, 0.4) is 0 Å². The molecule has 2 rings (SSSR count). The minimum Gasteiger partial charge on any atom is -0.379 e. The molecule has 0 aromatic heterocycles. The van der Waals surface area contributed by atoms with Gasteiger partial charge in [0.05, 0.1) is 6.61 Å². The Kier molecular flexibility index (Phi) is 4.40. The Morgan fingerprint density at radius 1 is 1.47 bits per heavy atom. The first-order valence-electron chi connectivity index (χ1n) is 6.72. The highest BCUT2D eigenvalue weighted by Crippen LogP contribution is 2.28. The van der Waals surface area contributed by atoms with Gasteiger partial charge in [0, 0.05) is 26.1 Å². The van der Waals surface area contributed by atoms with Crippen molar-refractivity contribution in [1.29, 1.82) is 0 Å². The van der Waals surface area contributed by atoms with E-state index in [0.717, 1.165) is 32.2 Å². The summed E-state index contributed by atoms with van der Waals surface area (Å²) in [5.74, 6) is 1.73. The summed E-state index contributed by atoms with van der Waals surface area (Å²) in [6.45, 7) is 6.28. The minimum absolute atomic E-state index is 0.143. The Hall–Kier alpha value is -0.610. The fourth-order valence-electron chi connectivity index (χ4n) is 2.06. The molecule has 1 atom stereocenters. The Morgan fingerprint density at radius 2 is 2.18 bits per heavy atom. The van der Waals surface area contributed by atoms with Crippen LogP contribution in [0.15, 0.2) is 0 Å². The summed E-state index contributed by atoms with van der Waals surface area (Å²) < 4.78 is 5.55. The lowest BCUT2D eigenvalue weighted by Crippen LogP contribution is -2.50. The van der Waals surface area contributed by atoms with Crippen LogP contribution in [-0.2, 0) is 9.53 Å². The van der Waals surface area contributed by atoms with E-state index < -0.39 is 0 Å². The molecule has 0 aromatic rings. The molecule has 2 fully saturated rings. The van der Waals surface area contributed by atoms with Crippen LogP contribution in [0.5, 0.6) is 0 Å². The lowest BCUT2D eigenvalue weighted by Gasteiger charge is -2.33. The van der Waals surface area contributed by atoms with Crippen LogP contribution in [0.2, 0.25) is 0 Å². The van der Waals surface area contributed by atoms with Crippen molar-refractivity contribution in [2.24, 2.45) is 17.8 Å². The van der Waals surface area contributed by atoms with Gasteiger partial charge in [-0.15, -0.1) is 0 Å². The number of hydrogen-bond donors (Lipinski definition) is 1. The van der Waals surface area contributed by atoms with Crippen LogP contribution in [0, 0.1) is 17.8 Å². The third-order valence-corrected chi connectivity index (χ3v) is 3.91. The fraction of sp³-hybridized carbons (Fsp3) is 0.923. The smallest absolute Gasteiger partial charge is 0.225 e. The van der Waals surface area contributed by atoms with Crippen molar-refractivity contribution in [2.75, 3.05) is 39.9 Å². The van der Waals surface area contributed by atoms with Crippen molar-refractivity contribution in [2.45, 2.75) is 19.8 Å². The molecule has 98 valence electrons. The first-order valence-corrected chi connectivity index (χ1v) is 6.72. The molecule has 1 N–H and O–H groups in total. The number of hydrogen-bond acceptors (Lipinski definition) is 3. The summed E-state index contributed by atoms with van der Waals surface area (Å²) in [4.78, 5) is 13.9. The normalized spacial score (nSPS) is 22.0. The van der Waals surface area contributed by atoms with Crippen LogP contribution in [0.25, 0.3) is 0 Å². The lowest BCUT2D eigenvalue weighted by atomic mass is 9.88. The molecule has 1 aliphatic carbocycles. The minimum atomic E-state index is 0.143. The van der Waals surface area contributed by atoms with Gasteiger partial charge in [-0.05, 0) is 37.8 Å². The molecule has 0 radical (unpaired) electrons. The van der Waals surface area contributed by atoms with Crippen molar-refractivity contribution in [3.63, 3.8) is 0 Å². The van der Waals surface area contributed by atoms with E-state index in [-0.39, 0.29) is 11.8 Å². The second kappa shape index (κ2) is 5.83. The molecule has 4 nitrogen and oxygen atoms in total. The zero-order valence-corrected chi connectivity index (χ0v) is 10.9. The molecular formula is C13H24N2O2. The van der Waals surface area contributed by atoms with Gasteiger partial charge in [-0.1, -0.05) is 6.92 Å². The summed E-state index contributed by atoms with van der Waals surface area (Å²) in [6, 6.07) is 0. The molecule has 0 bridgehead atoms. The molecule has 1 amide bonds. The van der Waals surface area contributed by atoms with E-state index in [1.165, 1.54) is 12.8 Å². The molecule has 1 saturated carbocycles. The Bertz CT molecular complexity index is 262. The van der Waals surface area contributed by atoms with Crippen LogP contribution >= 0.6 is 0 Å². The van der Waals surface area contributed by atoms with Gasteiger partial charge in [-0.2, -0.15) is 0 Å². The van der Waals surface area contributed by atoms with Crippen molar-refractivity contribution in [3.8, 4) is 0 Å². The largest absolute Gasteiger partial charge is 0.379 e. The van der Waals surface area contributed by atoms with Crippen LogP contribution in [-0.4, -0.2) is 50.7 Å². The molecule has 1 unspecified atom stereocenters. The van der Waals surface area contributed by atoms with Crippen LogP contribution in [0.4, 0.5) is 0 Å². The summed E-state index contributed by atoms with van der Waals surface area (Å²) >= 11 is 0. The average Bonchev–Trinajstić information content (AvgIpc) is 3.04. The van der Waals surface area contributed by atoms with Gasteiger partial charge in [0.1, 0.15) is 0 Å². The molecule has 2 aliphatic rings. The van der Waals surface area contributed by atoms with E-state index in [9.17, 15) is 4.79 Å². The lowest BCUT2D eigenvalue weighted by molar-refractivity contribution is -0.136. The highest BCUT2D eigenvalue weighted by Gasteiger charge is 2.30. The van der Waals surface area contributed by atoms with E-state index in [4.69, 9.17) is 4.74 Å². The highest BCUT2D eigenvalue weighted by molar-refractivity contribution is 5.78. The van der Waals surface area contributed by atoms with Crippen molar-refractivity contribution in [1.82, 2.24) is 10.2 Å². The molecule has 1 saturated heterocycles. The van der Waals surface area contributed by atoms with Gasteiger partial charge in [0.2, 0.25) is 5.91 Å². The van der Waals surface area contributed by atoms with Crippen LogP contribution < -0.4 is 5.32 Å². The quantitative estimate of drug-likeness (QED) is 0.667. The number of ether oxygens (including phenoxy) is 1. The van der Waals surface area contributed by atoms with Gasteiger partial charge in [0.25, 0.3) is 0 Å². The Balaban J connectivity index is 1.59. The van der Waals surface area contributed by atoms with Gasteiger partial charge >= 0.3 is 0 Å². The van der Waals surface area contributed by atoms with Gasteiger partial charge < -0.3 is 15.0 Å². The predicted molar refractivity (Wildman–Crippen MR) is 66.7 cm³/mol. The topological polar surface area (TPSA) is 41.6 Å². The first kappa shape index (κ1) is 12.8. The SMILES string of the molecule is CC(C(=O)N(C)CCOCC1CC1)C1CNC1. The molecular weight excluding hydrogens is 216 g/mol. The van der Waals surface area contributed by atoms with Gasteiger partial charge in [0.15, 0.2) is 0 Å². The number of nitrogens with one attached hydrogen (secondary N) is 1. The second-order valence-electron chi connectivity index (χ2n) is 5.49. The van der Waals surface area contributed by atoms with Crippen molar-refractivity contribution in [3.05, 3.63) is 0 Å². The van der Waals surface area contributed by atoms with E-state index in [2.05, 4.69) is 5.32 Å². The maximum absolute atomic E-state index is 12.1. The van der Waals surface area contributed by atoms with E-state index in [0.29, 0.717) is 12.5 Å². The molecule has 0 spiro atoms. The number of rotatable bonds is 7. The van der Waals surface area contributed by atoms with Gasteiger partial charge in [-0.25, -0.2) is 0 Å². The molecule has 1 aliphatic heterocycles. The number of carbonyl (C=O) groups is 1. The van der Waals surface area contributed by atoms with E-state index in [1.54, 1.807) is 0 Å². The first-order chi connectivity index (χ1) is 8.18. The standard InChI is InChI=1S/C13H24N2O2/c1-10(12-7-14-8-12)13(16)15(2)5-6-17-9-11-3-4-11/h10-12,14H,3-9H2,1-2H3. The van der Waals surface area contributed by atoms with Crippen molar-refractivity contribution >= 4 is 5.91 Å². The fourth-order valence-corrected chi connectivity index (χ4v) is 2.06. The third kappa shape index (κ3) is 3.68. The number of carbonyl (C=O) groups excluding carboxylic acids is 1. The monoisotopic (exact) mass is 240 g/mol. The maximum atomic E-state index is 12.1. The Morgan fingerprint density at radius 3 is 2.71 bits per heavy atom. The summed E-state index contributed by atoms with van der Waals surface area (Å²) in [5.41, 5.74) is 0. The Labute approximate surface area is 104 Å². The summed E-state index contributed by atoms with van der Waals surface area (Å²) in [7, 11) is 1.88. The summed E-state index contributed by atoms with van der Waals surface area (Å²) in [6.07, 6.45) is 2.64.